The van der Waals surface area contributed by atoms with E-state index in [0.29, 0.717) is 33.7 Å². The standard InChI is InChI=1S/C24H20FN3O3/c1-16-26-22-9-5-3-7-20(22)24(30)28(16)14-23(29)27-18-10-12-19(13-11-18)31-15-17-6-2-4-8-21(17)25/h2-13H,14-15H2,1H3,(H,27,29). The molecule has 0 aliphatic heterocycles. The summed E-state index contributed by atoms with van der Waals surface area (Å²) >= 11 is 0. The zero-order valence-electron chi connectivity index (χ0n) is 16.8. The Hall–Kier alpha value is -4.00. The number of para-hydroxylation sites is 1. The average Bonchev–Trinajstić information content (AvgIpc) is 2.77. The normalized spacial score (nSPS) is 10.8. The van der Waals surface area contributed by atoms with E-state index in [4.69, 9.17) is 4.74 Å². The molecule has 1 amide bonds. The number of anilines is 1. The lowest BCUT2D eigenvalue weighted by atomic mass is 10.2. The summed E-state index contributed by atoms with van der Waals surface area (Å²) in [7, 11) is 0. The van der Waals surface area contributed by atoms with Crippen LogP contribution in [0.3, 0.4) is 0 Å². The van der Waals surface area contributed by atoms with Gasteiger partial charge in [0.2, 0.25) is 5.91 Å². The van der Waals surface area contributed by atoms with E-state index in [2.05, 4.69) is 10.3 Å². The molecular formula is C24H20FN3O3. The summed E-state index contributed by atoms with van der Waals surface area (Å²) in [6, 6.07) is 20.2. The number of ether oxygens (including phenoxy) is 1. The highest BCUT2D eigenvalue weighted by atomic mass is 19.1. The number of benzene rings is 3. The lowest BCUT2D eigenvalue weighted by Gasteiger charge is -2.12. The van der Waals surface area contributed by atoms with Crippen LogP contribution < -0.4 is 15.6 Å². The van der Waals surface area contributed by atoms with E-state index in [1.54, 1.807) is 67.6 Å². The Labute approximate surface area is 177 Å². The molecule has 6 nitrogen and oxygen atoms in total. The first-order chi connectivity index (χ1) is 15.0. The van der Waals surface area contributed by atoms with Gasteiger partial charge in [0.05, 0.1) is 10.9 Å². The van der Waals surface area contributed by atoms with Gasteiger partial charge in [-0.05, 0) is 49.4 Å². The minimum atomic E-state index is -0.345. The first kappa shape index (κ1) is 20.3. The number of hydrogen-bond acceptors (Lipinski definition) is 4. The largest absolute Gasteiger partial charge is 0.489 e. The zero-order chi connectivity index (χ0) is 21.8. The number of halogens is 1. The molecule has 0 unspecified atom stereocenters. The van der Waals surface area contributed by atoms with E-state index in [1.807, 2.05) is 6.07 Å². The second-order valence-electron chi connectivity index (χ2n) is 7.02. The van der Waals surface area contributed by atoms with Gasteiger partial charge in [-0.1, -0.05) is 30.3 Å². The van der Waals surface area contributed by atoms with Crippen molar-refractivity contribution < 1.29 is 13.9 Å². The average molecular weight is 417 g/mol. The van der Waals surface area contributed by atoms with E-state index in [9.17, 15) is 14.0 Å². The summed E-state index contributed by atoms with van der Waals surface area (Å²) in [6.45, 7) is 1.66. The second kappa shape index (κ2) is 8.79. The molecule has 1 aromatic heterocycles. The lowest BCUT2D eigenvalue weighted by molar-refractivity contribution is -0.116. The molecule has 0 saturated carbocycles. The minimum absolute atomic E-state index is 0.107. The molecule has 0 radical (unpaired) electrons. The Bertz CT molecular complexity index is 1300. The molecule has 31 heavy (non-hydrogen) atoms. The van der Waals surface area contributed by atoms with Gasteiger partial charge in [-0.15, -0.1) is 0 Å². The number of amides is 1. The monoisotopic (exact) mass is 417 g/mol. The highest BCUT2D eigenvalue weighted by molar-refractivity contribution is 5.90. The highest BCUT2D eigenvalue weighted by Gasteiger charge is 2.12. The van der Waals surface area contributed by atoms with Crippen LogP contribution in [0.5, 0.6) is 5.75 Å². The Morgan fingerprint density at radius 2 is 1.74 bits per heavy atom. The number of nitrogens with one attached hydrogen (secondary N) is 1. The van der Waals surface area contributed by atoms with Crippen molar-refractivity contribution >= 4 is 22.5 Å². The first-order valence-electron chi connectivity index (χ1n) is 9.73. The third-order valence-corrected chi connectivity index (χ3v) is 4.84. The van der Waals surface area contributed by atoms with Crippen molar-refractivity contribution in [2.24, 2.45) is 0 Å². The zero-order valence-corrected chi connectivity index (χ0v) is 16.8. The van der Waals surface area contributed by atoms with Crippen LogP contribution in [0.1, 0.15) is 11.4 Å². The molecule has 4 rings (SSSR count). The molecule has 3 aromatic carbocycles. The summed E-state index contributed by atoms with van der Waals surface area (Å²) in [5.74, 6) is 0.352. The van der Waals surface area contributed by atoms with Gasteiger partial charge in [0, 0.05) is 11.3 Å². The number of carbonyl (C=O) groups excluding carboxylic acids is 1. The maximum absolute atomic E-state index is 13.7. The van der Waals surface area contributed by atoms with E-state index in [-0.39, 0.29) is 30.4 Å². The van der Waals surface area contributed by atoms with Crippen LogP contribution in [-0.2, 0) is 17.9 Å². The summed E-state index contributed by atoms with van der Waals surface area (Å²) < 4.78 is 20.6. The van der Waals surface area contributed by atoms with E-state index in [1.165, 1.54) is 10.6 Å². The van der Waals surface area contributed by atoms with Crippen molar-refractivity contribution in [3.8, 4) is 5.75 Å². The molecule has 1 heterocycles. The predicted molar refractivity (Wildman–Crippen MR) is 117 cm³/mol. The third kappa shape index (κ3) is 4.61. The van der Waals surface area contributed by atoms with Gasteiger partial charge >= 0.3 is 0 Å². The van der Waals surface area contributed by atoms with Crippen LogP contribution in [0, 0.1) is 12.7 Å². The molecule has 0 spiro atoms. The van der Waals surface area contributed by atoms with Gasteiger partial charge < -0.3 is 10.1 Å². The van der Waals surface area contributed by atoms with Gasteiger partial charge in [0.15, 0.2) is 0 Å². The topological polar surface area (TPSA) is 73.2 Å². The van der Waals surface area contributed by atoms with Crippen LogP contribution in [0.2, 0.25) is 0 Å². The quantitative estimate of drug-likeness (QED) is 0.514. The van der Waals surface area contributed by atoms with Crippen LogP contribution in [-0.4, -0.2) is 15.5 Å². The Kier molecular flexibility index (Phi) is 5.75. The fourth-order valence-corrected chi connectivity index (χ4v) is 3.22. The Morgan fingerprint density at radius 1 is 1.03 bits per heavy atom. The Morgan fingerprint density at radius 3 is 2.52 bits per heavy atom. The summed E-state index contributed by atoms with van der Waals surface area (Å²) in [5, 5.41) is 3.23. The third-order valence-electron chi connectivity index (χ3n) is 4.84. The van der Waals surface area contributed by atoms with Crippen LogP contribution in [0.4, 0.5) is 10.1 Å². The number of carbonyl (C=O) groups is 1. The second-order valence-corrected chi connectivity index (χ2v) is 7.02. The van der Waals surface area contributed by atoms with Gasteiger partial charge in [-0.2, -0.15) is 0 Å². The van der Waals surface area contributed by atoms with Crippen molar-refractivity contribution in [3.63, 3.8) is 0 Å². The van der Waals surface area contributed by atoms with Crippen molar-refractivity contribution in [1.29, 1.82) is 0 Å². The van der Waals surface area contributed by atoms with Crippen molar-refractivity contribution in [2.75, 3.05) is 5.32 Å². The van der Waals surface area contributed by atoms with Gasteiger partial charge in [-0.3, -0.25) is 14.2 Å². The number of aryl methyl sites for hydroxylation is 1. The highest BCUT2D eigenvalue weighted by Crippen LogP contribution is 2.18. The number of nitrogens with zero attached hydrogens (tertiary/aromatic N) is 2. The fraction of sp³-hybridized carbons (Fsp3) is 0.125. The molecule has 0 bridgehead atoms. The molecule has 7 heteroatoms. The van der Waals surface area contributed by atoms with Gasteiger partial charge in [-0.25, -0.2) is 9.37 Å². The van der Waals surface area contributed by atoms with Crippen LogP contribution >= 0.6 is 0 Å². The number of rotatable bonds is 6. The number of aromatic nitrogens is 2. The molecule has 0 atom stereocenters. The van der Waals surface area contributed by atoms with E-state index < -0.39 is 0 Å². The first-order valence-corrected chi connectivity index (χ1v) is 9.73. The molecular weight excluding hydrogens is 397 g/mol. The van der Waals surface area contributed by atoms with E-state index >= 15 is 0 Å². The fourth-order valence-electron chi connectivity index (χ4n) is 3.22. The smallest absolute Gasteiger partial charge is 0.261 e. The molecule has 4 aromatic rings. The molecule has 0 fully saturated rings. The molecule has 156 valence electrons. The maximum atomic E-state index is 13.7. The number of fused-ring (bicyclic) bond motifs is 1. The van der Waals surface area contributed by atoms with E-state index in [0.717, 1.165) is 0 Å². The lowest BCUT2D eigenvalue weighted by Crippen LogP contribution is -2.30. The van der Waals surface area contributed by atoms with Gasteiger partial charge in [0.1, 0.15) is 30.5 Å². The SMILES string of the molecule is Cc1nc2ccccc2c(=O)n1CC(=O)Nc1ccc(OCc2ccccc2F)cc1. The van der Waals surface area contributed by atoms with Crippen molar-refractivity contribution in [3.05, 3.63) is 100 Å². The summed E-state index contributed by atoms with van der Waals surface area (Å²) in [5.41, 5.74) is 1.37. The van der Waals surface area contributed by atoms with Crippen LogP contribution in [0.15, 0.2) is 77.6 Å². The number of hydrogen-bond donors (Lipinski definition) is 1. The van der Waals surface area contributed by atoms with Crippen molar-refractivity contribution in [1.82, 2.24) is 9.55 Å². The van der Waals surface area contributed by atoms with Crippen LogP contribution in [0.25, 0.3) is 10.9 Å². The minimum Gasteiger partial charge on any atom is -0.489 e. The molecule has 0 aliphatic carbocycles. The Balaban J connectivity index is 1.41. The predicted octanol–water partition coefficient (Wildman–Crippen LogP) is 4.06. The maximum Gasteiger partial charge on any atom is 0.261 e. The molecule has 0 aliphatic rings. The molecule has 0 saturated heterocycles. The summed E-state index contributed by atoms with van der Waals surface area (Å²) in [4.78, 5) is 29.6. The van der Waals surface area contributed by atoms with Crippen molar-refractivity contribution in [2.45, 2.75) is 20.1 Å². The molecule has 1 N–H and O–H groups in total. The summed E-state index contributed by atoms with van der Waals surface area (Å²) in [6.07, 6.45) is 0. The van der Waals surface area contributed by atoms with Gasteiger partial charge in [0.25, 0.3) is 5.56 Å².